The van der Waals surface area contributed by atoms with Gasteiger partial charge < -0.3 is 16.0 Å². The Hall–Kier alpha value is -2.07. The minimum atomic E-state index is -4.66. The number of benzene rings is 1. The van der Waals surface area contributed by atoms with E-state index < -0.39 is 22.4 Å². The van der Waals surface area contributed by atoms with Crippen molar-refractivity contribution in [2.45, 2.75) is 44.4 Å². The van der Waals surface area contributed by atoms with Gasteiger partial charge in [-0.3, -0.25) is 14.9 Å². The molecule has 2 unspecified atom stereocenters. The Balaban J connectivity index is 0.00000364. The van der Waals surface area contributed by atoms with Crippen LogP contribution in [0.25, 0.3) is 0 Å². The second-order valence-corrected chi connectivity index (χ2v) is 6.31. The van der Waals surface area contributed by atoms with Crippen molar-refractivity contribution in [1.29, 1.82) is 0 Å². The summed E-state index contributed by atoms with van der Waals surface area (Å²) in [7, 11) is 0. The molecule has 1 aliphatic heterocycles. The Morgan fingerprint density at radius 2 is 2.11 bits per heavy atom. The summed E-state index contributed by atoms with van der Waals surface area (Å²) in [5.74, 6) is -0.203. The van der Waals surface area contributed by atoms with E-state index in [4.69, 9.17) is 0 Å². The van der Waals surface area contributed by atoms with E-state index >= 15 is 0 Å². The number of nitrogens with zero attached hydrogens (tertiary/aromatic N) is 1. The standard InChI is InChI=1S/C16H21F3N4O3.ClH/c1-10-8-12(4-6-20-10)22-15(24)5-7-21-13-3-2-11(16(17,18)19)9-14(13)23(25)26;/h2-3,9-10,12,20-21H,4-8H2,1H3,(H,22,24);1H. The van der Waals surface area contributed by atoms with Gasteiger partial charge in [-0.2, -0.15) is 13.2 Å². The molecule has 2 atom stereocenters. The second-order valence-electron chi connectivity index (χ2n) is 6.31. The molecule has 1 aromatic carbocycles. The molecule has 1 amide bonds. The molecule has 3 N–H and O–H groups in total. The lowest BCUT2D eigenvalue weighted by Crippen LogP contribution is -2.46. The summed E-state index contributed by atoms with van der Waals surface area (Å²) in [4.78, 5) is 22.1. The zero-order valence-corrected chi connectivity index (χ0v) is 15.5. The van der Waals surface area contributed by atoms with E-state index in [1.165, 1.54) is 0 Å². The Morgan fingerprint density at radius 3 is 2.70 bits per heavy atom. The van der Waals surface area contributed by atoms with Gasteiger partial charge in [-0.25, -0.2) is 0 Å². The molecule has 2 rings (SSSR count). The Morgan fingerprint density at radius 1 is 1.41 bits per heavy atom. The number of anilines is 1. The summed E-state index contributed by atoms with van der Waals surface area (Å²) < 4.78 is 38.0. The predicted octanol–water partition coefficient (Wildman–Crippen LogP) is 3.09. The quantitative estimate of drug-likeness (QED) is 0.494. The van der Waals surface area contributed by atoms with Gasteiger partial charge in [0.25, 0.3) is 5.69 Å². The number of nitro groups is 1. The summed E-state index contributed by atoms with van der Waals surface area (Å²) in [6.45, 7) is 2.93. The van der Waals surface area contributed by atoms with Crippen molar-refractivity contribution in [1.82, 2.24) is 10.6 Å². The average molecular weight is 411 g/mol. The lowest BCUT2D eigenvalue weighted by molar-refractivity contribution is -0.384. The number of hydrogen-bond donors (Lipinski definition) is 3. The molecule has 27 heavy (non-hydrogen) atoms. The van der Waals surface area contributed by atoms with Crippen LogP contribution in [-0.2, 0) is 11.0 Å². The maximum atomic E-state index is 12.7. The molecular weight excluding hydrogens is 389 g/mol. The molecule has 0 saturated carbocycles. The number of alkyl halides is 3. The molecule has 7 nitrogen and oxygen atoms in total. The highest BCUT2D eigenvalue weighted by Crippen LogP contribution is 2.34. The molecule has 0 aliphatic carbocycles. The van der Waals surface area contributed by atoms with Gasteiger partial charge >= 0.3 is 6.18 Å². The van der Waals surface area contributed by atoms with Crippen LogP contribution in [0.1, 0.15) is 31.7 Å². The first-order chi connectivity index (χ1) is 12.2. The zero-order chi connectivity index (χ0) is 19.3. The van der Waals surface area contributed by atoms with Crippen molar-refractivity contribution in [3.63, 3.8) is 0 Å². The van der Waals surface area contributed by atoms with E-state index in [0.29, 0.717) is 12.1 Å². The topological polar surface area (TPSA) is 96.3 Å². The minimum absolute atomic E-state index is 0. The van der Waals surface area contributed by atoms with E-state index in [2.05, 4.69) is 16.0 Å². The average Bonchev–Trinajstić information content (AvgIpc) is 2.53. The third-order valence-corrected chi connectivity index (χ3v) is 4.18. The minimum Gasteiger partial charge on any atom is -0.379 e. The molecule has 0 bridgehead atoms. The molecule has 0 aromatic heterocycles. The SMILES string of the molecule is CC1CC(NC(=O)CCNc2ccc(C(F)(F)F)cc2[N+](=O)[O-])CCN1.Cl. The van der Waals surface area contributed by atoms with Gasteiger partial charge in [-0.1, -0.05) is 0 Å². The molecule has 1 heterocycles. The van der Waals surface area contributed by atoms with Crippen LogP contribution in [0.15, 0.2) is 18.2 Å². The maximum absolute atomic E-state index is 12.7. The number of piperidine rings is 1. The molecular formula is C16H22ClF3N4O3. The Labute approximate surface area is 160 Å². The lowest BCUT2D eigenvalue weighted by atomic mass is 10.0. The molecule has 0 radical (unpaired) electrons. The third kappa shape index (κ3) is 6.87. The molecule has 11 heteroatoms. The highest BCUT2D eigenvalue weighted by Gasteiger charge is 2.33. The van der Waals surface area contributed by atoms with Gasteiger partial charge in [0.05, 0.1) is 10.5 Å². The van der Waals surface area contributed by atoms with Crippen LogP contribution in [0.5, 0.6) is 0 Å². The summed E-state index contributed by atoms with van der Waals surface area (Å²) in [6.07, 6.45) is -2.94. The summed E-state index contributed by atoms with van der Waals surface area (Å²) in [5, 5.41) is 19.8. The van der Waals surface area contributed by atoms with E-state index in [9.17, 15) is 28.1 Å². The largest absolute Gasteiger partial charge is 0.416 e. The monoisotopic (exact) mass is 410 g/mol. The summed E-state index contributed by atoms with van der Waals surface area (Å²) in [5.41, 5.74) is -1.81. The van der Waals surface area contributed by atoms with E-state index in [1.54, 1.807) is 0 Å². The number of hydrogen-bond acceptors (Lipinski definition) is 5. The predicted molar refractivity (Wildman–Crippen MR) is 97.1 cm³/mol. The fraction of sp³-hybridized carbons (Fsp3) is 0.562. The first-order valence-electron chi connectivity index (χ1n) is 8.29. The lowest BCUT2D eigenvalue weighted by Gasteiger charge is -2.28. The van der Waals surface area contributed by atoms with Crippen LogP contribution >= 0.6 is 12.4 Å². The number of nitro benzene ring substituents is 1. The van der Waals surface area contributed by atoms with Gasteiger partial charge in [0.2, 0.25) is 5.91 Å². The molecule has 1 saturated heterocycles. The number of nitrogens with one attached hydrogen (secondary N) is 3. The van der Waals surface area contributed by atoms with Gasteiger partial charge in [-0.15, -0.1) is 12.4 Å². The van der Waals surface area contributed by atoms with E-state index in [-0.39, 0.29) is 43.0 Å². The van der Waals surface area contributed by atoms with E-state index in [1.807, 2.05) is 6.92 Å². The van der Waals surface area contributed by atoms with Crippen LogP contribution in [0, 0.1) is 10.1 Å². The van der Waals surface area contributed by atoms with Crippen molar-refractivity contribution in [2.24, 2.45) is 0 Å². The number of rotatable bonds is 6. The van der Waals surface area contributed by atoms with Gasteiger partial charge in [0.1, 0.15) is 5.69 Å². The fourth-order valence-electron chi connectivity index (χ4n) is 2.88. The van der Waals surface area contributed by atoms with Crippen LogP contribution < -0.4 is 16.0 Å². The maximum Gasteiger partial charge on any atom is 0.416 e. The van der Waals surface area contributed by atoms with Crippen molar-refractivity contribution in [3.05, 3.63) is 33.9 Å². The van der Waals surface area contributed by atoms with Crippen LogP contribution in [0.4, 0.5) is 24.5 Å². The number of carbonyl (C=O) groups is 1. The van der Waals surface area contributed by atoms with Crippen molar-refractivity contribution in [3.8, 4) is 0 Å². The van der Waals surface area contributed by atoms with E-state index in [0.717, 1.165) is 31.5 Å². The van der Waals surface area contributed by atoms with Gasteiger partial charge in [0.15, 0.2) is 0 Å². The number of halogens is 4. The summed E-state index contributed by atoms with van der Waals surface area (Å²) >= 11 is 0. The molecule has 152 valence electrons. The Bertz CT molecular complexity index is 673. The number of carbonyl (C=O) groups excluding carboxylic acids is 1. The molecule has 1 aromatic rings. The zero-order valence-electron chi connectivity index (χ0n) is 14.6. The normalized spacial score (nSPS) is 19.7. The first kappa shape index (κ1) is 23.0. The van der Waals surface area contributed by atoms with Crippen LogP contribution in [0.2, 0.25) is 0 Å². The van der Waals surface area contributed by atoms with Crippen molar-refractivity contribution >= 4 is 29.7 Å². The first-order valence-corrected chi connectivity index (χ1v) is 8.29. The highest BCUT2D eigenvalue weighted by molar-refractivity contribution is 5.85. The highest BCUT2D eigenvalue weighted by atomic mass is 35.5. The smallest absolute Gasteiger partial charge is 0.379 e. The fourth-order valence-corrected chi connectivity index (χ4v) is 2.88. The molecule has 0 spiro atoms. The van der Waals surface area contributed by atoms with Crippen molar-refractivity contribution < 1.29 is 22.9 Å². The van der Waals surface area contributed by atoms with Crippen LogP contribution in [-0.4, -0.2) is 36.0 Å². The second kappa shape index (κ2) is 9.75. The summed E-state index contributed by atoms with van der Waals surface area (Å²) in [6, 6.07) is 2.67. The van der Waals surface area contributed by atoms with Gasteiger partial charge in [-0.05, 0) is 38.4 Å². The van der Waals surface area contributed by atoms with Gasteiger partial charge in [0, 0.05) is 31.1 Å². The third-order valence-electron chi connectivity index (χ3n) is 4.18. The number of amides is 1. The molecule has 1 fully saturated rings. The van der Waals surface area contributed by atoms with Crippen LogP contribution in [0.3, 0.4) is 0 Å². The Kier molecular flexibility index (Phi) is 8.29. The molecule has 1 aliphatic rings. The van der Waals surface area contributed by atoms with Crippen molar-refractivity contribution in [2.75, 3.05) is 18.4 Å².